The molecule has 2 rings (SSSR count). The van der Waals surface area contributed by atoms with Crippen LogP contribution in [0.25, 0.3) is 0 Å². The fourth-order valence-electron chi connectivity index (χ4n) is 2.25. The fourth-order valence-corrected chi connectivity index (χ4v) is 2.25. The van der Waals surface area contributed by atoms with E-state index in [1.807, 2.05) is 44.2 Å². The van der Waals surface area contributed by atoms with Gasteiger partial charge < -0.3 is 10.1 Å². The molecule has 1 unspecified atom stereocenters. The average Bonchev–Trinajstić information content (AvgIpc) is 2.64. The first-order valence-corrected chi connectivity index (χ1v) is 6.76. The Balaban J connectivity index is 2.12. The Hall–Kier alpha value is -1.88. The smallest absolute Gasteiger partial charge is 0.325 e. The van der Waals surface area contributed by atoms with Gasteiger partial charge in [-0.3, -0.25) is 9.69 Å². The summed E-state index contributed by atoms with van der Waals surface area (Å²) in [5.74, 6) is -0.235. The van der Waals surface area contributed by atoms with Crippen molar-refractivity contribution in [3.8, 4) is 0 Å². The van der Waals surface area contributed by atoms with E-state index in [0.29, 0.717) is 6.61 Å². The van der Waals surface area contributed by atoms with Crippen molar-refractivity contribution in [3.05, 3.63) is 35.9 Å². The van der Waals surface area contributed by atoms with Crippen LogP contribution in [0.4, 0.5) is 4.79 Å². The molecule has 1 saturated heterocycles. The fraction of sp³-hybridized carbons (Fsp3) is 0.467. The van der Waals surface area contributed by atoms with Crippen LogP contribution in [0, 0.1) is 0 Å². The molecule has 1 atom stereocenters. The summed E-state index contributed by atoms with van der Waals surface area (Å²) in [5, 5.41) is 2.77. The van der Waals surface area contributed by atoms with Crippen LogP contribution in [0.5, 0.6) is 0 Å². The van der Waals surface area contributed by atoms with Crippen LogP contribution in [0.3, 0.4) is 0 Å². The van der Waals surface area contributed by atoms with Crippen LogP contribution >= 0.6 is 0 Å². The number of benzene rings is 1. The molecule has 0 spiro atoms. The highest BCUT2D eigenvalue weighted by Crippen LogP contribution is 2.28. The third-order valence-electron chi connectivity index (χ3n) is 3.39. The van der Waals surface area contributed by atoms with Gasteiger partial charge in [0.15, 0.2) is 0 Å². The van der Waals surface area contributed by atoms with Crippen molar-refractivity contribution < 1.29 is 14.3 Å². The summed E-state index contributed by atoms with van der Waals surface area (Å²) in [6.45, 7) is 6.18. The molecule has 5 heteroatoms. The highest BCUT2D eigenvalue weighted by molar-refractivity contribution is 6.07. The van der Waals surface area contributed by atoms with Crippen LogP contribution in [-0.4, -0.2) is 36.1 Å². The van der Waals surface area contributed by atoms with Gasteiger partial charge in [0.1, 0.15) is 5.54 Å². The van der Waals surface area contributed by atoms with E-state index in [2.05, 4.69) is 5.32 Å². The van der Waals surface area contributed by atoms with E-state index < -0.39 is 5.54 Å². The Kier molecular flexibility index (Phi) is 4.09. The molecule has 0 aromatic heterocycles. The zero-order chi connectivity index (χ0) is 14.8. The van der Waals surface area contributed by atoms with E-state index in [1.54, 1.807) is 6.92 Å². The van der Waals surface area contributed by atoms with Gasteiger partial charge in [0.2, 0.25) is 0 Å². The quantitative estimate of drug-likeness (QED) is 0.835. The highest BCUT2D eigenvalue weighted by Gasteiger charge is 2.48. The van der Waals surface area contributed by atoms with Gasteiger partial charge in [-0.15, -0.1) is 0 Å². The van der Waals surface area contributed by atoms with Gasteiger partial charge in [0, 0.05) is 0 Å². The van der Waals surface area contributed by atoms with E-state index in [4.69, 9.17) is 4.74 Å². The molecule has 1 fully saturated rings. The van der Waals surface area contributed by atoms with Crippen LogP contribution in [0.1, 0.15) is 26.3 Å². The van der Waals surface area contributed by atoms with Crippen molar-refractivity contribution in [2.75, 3.05) is 13.2 Å². The molecule has 1 aromatic rings. The van der Waals surface area contributed by atoms with Crippen LogP contribution < -0.4 is 5.32 Å². The third-order valence-corrected chi connectivity index (χ3v) is 3.39. The first-order valence-electron chi connectivity index (χ1n) is 6.76. The number of carbonyl (C=O) groups is 2. The van der Waals surface area contributed by atoms with Crippen LogP contribution in [0.15, 0.2) is 30.3 Å². The molecule has 1 aromatic carbocycles. The predicted octanol–water partition coefficient (Wildman–Crippen LogP) is 1.88. The van der Waals surface area contributed by atoms with Crippen LogP contribution in [-0.2, 0) is 15.1 Å². The highest BCUT2D eigenvalue weighted by atomic mass is 16.5. The zero-order valence-corrected chi connectivity index (χ0v) is 12.1. The Bertz CT molecular complexity index is 501. The Labute approximate surface area is 118 Å². The van der Waals surface area contributed by atoms with Crippen molar-refractivity contribution in [3.63, 3.8) is 0 Å². The second-order valence-corrected chi connectivity index (χ2v) is 5.30. The van der Waals surface area contributed by atoms with E-state index in [9.17, 15) is 9.59 Å². The maximum absolute atomic E-state index is 12.5. The zero-order valence-electron chi connectivity index (χ0n) is 12.1. The molecule has 20 heavy (non-hydrogen) atoms. The molecule has 1 aliphatic heterocycles. The first kappa shape index (κ1) is 14.5. The monoisotopic (exact) mass is 276 g/mol. The lowest BCUT2D eigenvalue weighted by atomic mass is 9.92. The van der Waals surface area contributed by atoms with Gasteiger partial charge >= 0.3 is 6.03 Å². The van der Waals surface area contributed by atoms with Gasteiger partial charge in [0.05, 0.1) is 19.3 Å². The predicted molar refractivity (Wildman–Crippen MR) is 75.1 cm³/mol. The van der Waals surface area contributed by atoms with Crippen molar-refractivity contribution in [1.29, 1.82) is 0 Å². The number of amides is 3. The number of urea groups is 1. The van der Waals surface area contributed by atoms with Gasteiger partial charge in [0.25, 0.3) is 5.91 Å². The topological polar surface area (TPSA) is 58.6 Å². The molecule has 0 saturated carbocycles. The number of carbonyl (C=O) groups excluding carboxylic acids is 2. The number of hydrogen-bond donors (Lipinski definition) is 1. The largest absolute Gasteiger partial charge is 0.377 e. The maximum atomic E-state index is 12.5. The number of nitrogens with one attached hydrogen (secondary N) is 1. The number of nitrogens with zero attached hydrogens (tertiary/aromatic N) is 1. The summed E-state index contributed by atoms with van der Waals surface area (Å²) < 4.78 is 5.40. The Morgan fingerprint density at radius 2 is 1.90 bits per heavy atom. The minimum atomic E-state index is -0.990. The number of imide groups is 1. The second-order valence-electron chi connectivity index (χ2n) is 5.30. The summed E-state index contributed by atoms with van der Waals surface area (Å²) in [7, 11) is 0. The molecule has 3 amide bonds. The lowest BCUT2D eigenvalue weighted by molar-refractivity contribution is -0.131. The van der Waals surface area contributed by atoms with Crippen molar-refractivity contribution in [2.45, 2.75) is 32.4 Å². The van der Waals surface area contributed by atoms with Crippen molar-refractivity contribution in [2.24, 2.45) is 0 Å². The number of rotatable bonds is 5. The van der Waals surface area contributed by atoms with Crippen LogP contribution in [0.2, 0.25) is 0 Å². The average molecular weight is 276 g/mol. The summed E-state index contributed by atoms with van der Waals surface area (Å²) in [4.78, 5) is 25.7. The van der Waals surface area contributed by atoms with Crippen molar-refractivity contribution >= 4 is 11.9 Å². The molecule has 5 nitrogen and oxygen atoms in total. The summed E-state index contributed by atoms with van der Waals surface area (Å²) in [5.41, 5.74) is -0.207. The molecule has 108 valence electrons. The molecular weight excluding hydrogens is 256 g/mol. The van der Waals surface area contributed by atoms with Gasteiger partial charge in [-0.1, -0.05) is 30.3 Å². The third kappa shape index (κ3) is 2.67. The molecule has 0 radical (unpaired) electrons. The Morgan fingerprint density at radius 1 is 1.25 bits per heavy atom. The first-order chi connectivity index (χ1) is 9.45. The number of ether oxygens (including phenoxy) is 1. The van der Waals surface area contributed by atoms with E-state index in [1.165, 1.54) is 4.90 Å². The SMILES string of the molecule is CC(C)OCCN1C(=O)NC(C)(c2ccccc2)C1=O. The summed E-state index contributed by atoms with van der Waals surface area (Å²) in [6.07, 6.45) is 0.0799. The van der Waals surface area contributed by atoms with E-state index in [0.717, 1.165) is 5.56 Å². The molecular formula is C15H20N2O3. The molecule has 1 N–H and O–H groups in total. The van der Waals surface area contributed by atoms with E-state index >= 15 is 0 Å². The molecule has 1 heterocycles. The van der Waals surface area contributed by atoms with Gasteiger partial charge in [-0.2, -0.15) is 0 Å². The normalized spacial score (nSPS) is 22.5. The summed E-state index contributed by atoms with van der Waals surface area (Å²) >= 11 is 0. The second kappa shape index (κ2) is 5.63. The minimum Gasteiger partial charge on any atom is -0.377 e. The summed E-state index contributed by atoms with van der Waals surface area (Å²) in [6, 6.07) is 8.89. The molecule has 1 aliphatic rings. The Morgan fingerprint density at radius 3 is 2.50 bits per heavy atom. The molecule has 0 bridgehead atoms. The van der Waals surface area contributed by atoms with Gasteiger partial charge in [-0.05, 0) is 26.3 Å². The lowest BCUT2D eigenvalue weighted by Crippen LogP contribution is -2.41. The van der Waals surface area contributed by atoms with E-state index in [-0.39, 0.29) is 24.6 Å². The van der Waals surface area contributed by atoms with Crippen molar-refractivity contribution in [1.82, 2.24) is 10.2 Å². The standard InChI is InChI=1S/C15H20N2O3/c1-11(2)20-10-9-17-13(18)15(3,16-14(17)19)12-7-5-4-6-8-12/h4-8,11H,9-10H2,1-3H3,(H,16,19). The maximum Gasteiger partial charge on any atom is 0.325 e. The minimum absolute atomic E-state index is 0.0799. The number of hydrogen-bond acceptors (Lipinski definition) is 3. The van der Waals surface area contributed by atoms with Gasteiger partial charge in [-0.25, -0.2) is 4.79 Å². The lowest BCUT2D eigenvalue weighted by Gasteiger charge is -2.22. The molecule has 0 aliphatic carbocycles.